The maximum absolute atomic E-state index is 2.95. The minimum atomic E-state index is -2.22. The van der Waals surface area contributed by atoms with Crippen LogP contribution in [0, 0.1) is 35.5 Å². The molecular weight excluding hydrogens is 679 g/mol. The van der Waals surface area contributed by atoms with E-state index >= 15 is 0 Å². The zero-order valence-electron chi connectivity index (χ0n) is 28.5. The summed E-state index contributed by atoms with van der Waals surface area (Å²) in [6.45, 7) is 5.10. The molecule has 0 amide bonds. The van der Waals surface area contributed by atoms with E-state index in [1.54, 1.807) is 22.3 Å². The van der Waals surface area contributed by atoms with Crippen molar-refractivity contribution in [1.82, 2.24) is 0 Å². The molecule has 6 aliphatic rings. The van der Waals surface area contributed by atoms with E-state index in [1.165, 1.54) is 103 Å². The fourth-order valence-electron chi connectivity index (χ4n) is 11.7. The molecule has 0 N–H and O–H groups in total. The van der Waals surface area contributed by atoms with E-state index < -0.39 is 21.3 Å². The van der Waals surface area contributed by atoms with Gasteiger partial charge in [-0.15, -0.1) is 0 Å². The summed E-state index contributed by atoms with van der Waals surface area (Å²) in [5.41, 5.74) is 10.4. The number of hydrogen-bond acceptors (Lipinski definition) is 0. The van der Waals surface area contributed by atoms with Crippen LogP contribution in [0.25, 0.3) is 11.1 Å². The van der Waals surface area contributed by atoms with Gasteiger partial charge < -0.3 is 24.8 Å². The summed E-state index contributed by atoms with van der Waals surface area (Å²) in [4.78, 5) is 0. The summed E-state index contributed by atoms with van der Waals surface area (Å²) in [5, 5.41) is 0. The van der Waals surface area contributed by atoms with Gasteiger partial charge in [-0.05, 0) is 0 Å². The number of hydrogen-bond donors (Lipinski definition) is 0. The smallest absolute Gasteiger partial charge is 1.00 e. The monoisotopic (exact) mass is 732 g/mol. The van der Waals surface area contributed by atoms with Crippen LogP contribution in [-0.2, 0) is 21.3 Å². The van der Waals surface area contributed by atoms with Crippen LogP contribution in [0.4, 0.5) is 0 Å². The molecule has 0 heterocycles. The first kappa shape index (κ1) is 35.1. The molecule has 6 aliphatic carbocycles. The molecule has 2 unspecified atom stereocenters. The molecule has 0 radical (unpaired) electrons. The van der Waals surface area contributed by atoms with Crippen LogP contribution < -0.4 is 24.8 Å². The maximum atomic E-state index is 2.95. The Morgan fingerprint density at radius 1 is 0.500 bits per heavy atom. The first-order chi connectivity index (χ1) is 21.7. The van der Waals surface area contributed by atoms with Gasteiger partial charge in [-0.2, -0.15) is 0 Å². The molecule has 0 nitrogen and oxygen atoms in total. The molecular formula is C43H56Cl2Zr. The van der Waals surface area contributed by atoms with Crippen molar-refractivity contribution in [3.63, 3.8) is 0 Å². The fourth-order valence-corrected chi connectivity index (χ4v) is 20.4. The molecule has 246 valence electrons. The van der Waals surface area contributed by atoms with Gasteiger partial charge in [0.2, 0.25) is 0 Å². The van der Waals surface area contributed by atoms with E-state index in [9.17, 15) is 0 Å². The Morgan fingerprint density at radius 2 is 0.804 bits per heavy atom. The Morgan fingerprint density at radius 3 is 1.11 bits per heavy atom. The molecule has 8 rings (SSSR count). The van der Waals surface area contributed by atoms with Gasteiger partial charge in [-0.25, -0.2) is 0 Å². The molecule has 46 heavy (non-hydrogen) atoms. The van der Waals surface area contributed by atoms with E-state index in [0.29, 0.717) is 7.25 Å². The van der Waals surface area contributed by atoms with Gasteiger partial charge in [-0.1, -0.05) is 0 Å². The summed E-state index contributed by atoms with van der Waals surface area (Å²) in [5.74, 6) is 5.31. The molecule has 0 bridgehead atoms. The Kier molecular flexibility index (Phi) is 11.8. The first-order valence-corrected chi connectivity index (χ1v) is 23.0. The zero-order chi connectivity index (χ0) is 29.6. The van der Waals surface area contributed by atoms with Crippen molar-refractivity contribution in [2.45, 2.75) is 124 Å². The molecule has 4 saturated carbocycles. The third kappa shape index (κ3) is 6.47. The van der Waals surface area contributed by atoms with Gasteiger partial charge in [0.1, 0.15) is 0 Å². The number of benzene rings is 2. The molecule has 0 aliphatic heterocycles. The standard InChI is InChI=1S/2C20H25.C3H6.2ClH.Zr/c2*1-2-9-16(8-1)20(17-10-3-4-11-17)19-14-13-15-7-5-6-12-18(15)19;1-3-2;;;/h2*5-7,12-14,16-17,20H,1-4,8-11H2;1-2H3;2*1H;/q;;;;;+2/p-2. The number of halogens is 2. The van der Waals surface area contributed by atoms with Crippen molar-refractivity contribution in [3.05, 3.63) is 82.9 Å². The average molecular weight is 735 g/mol. The van der Waals surface area contributed by atoms with E-state index in [0.717, 1.165) is 35.5 Å². The van der Waals surface area contributed by atoms with Crippen LogP contribution in [0.5, 0.6) is 0 Å². The maximum Gasteiger partial charge on any atom is -1.00 e. The van der Waals surface area contributed by atoms with Crippen molar-refractivity contribution in [1.29, 1.82) is 0 Å². The van der Waals surface area contributed by atoms with Crippen LogP contribution >= 0.6 is 0 Å². The van der Waals surface area contributed by atoms with Gasteiger partial charge in [-0.3, -0.25) is 0 Å². The van der Waals surface area contributed by atoms with Gasteiger partial charge in [0.15, 0.2) is 0 Å². The summed E-state index contributed by atoms with van der Waals surface area (Å²) in [6.07, 6.45) is 29.4. The van der Waals surface area contributed by atoms with Crippen molar-refractivity contribution in [2.24, 2.45) is 35.5 Å². The van der Waals surface area contributed by atoms with Crippen molar-refractivity contribution < 1.29 is 46.1 Å². The van der Waals surface area contributed by atoms with Crippen LogP contribution in [0.1, 0.15) is 146 Å². The van der Waals surface area contributed by atoms with Gasteiger partial charge in [0.25, 0.3) is 0 Å². The van der Waals surface area contributed by atoms with Gasteiger partial charge in [0.05, 0.1) is 0 Å². The minimum Gasteiger partial charge on any atom is -1.00 e. The predicted octanol–water partition coefficient (Wildman–Crippen LogP) is 6.09. The summed E-state index contributed by atoms with van der Waals surface area (Å²) in [6, 6.07) is 19.7. The predicted molar refractivity (Wildman–Crippen MR) is 185 cm³/mol. The SMILES string of the molecule is C[C](C)=[Zr+2]([CH]1C=C(C(C2CCCC2)C2CCCC2)c2ccccc21)[CH]1C=C(C(C2CCCC2)C2CCCC2)c2ccccc21.[Cl-].[Cl-]. The van der Waals surface area contributed by atoms with E-state index in [1.807, 2.05) is 14.4 Å². The van der Waals surface area contributed by atoms with Crippen LogP contribution in [0.3, 0.4) is 0 Å². The molecule has 2 aromatic rings. The summed E-state index contributed by atoms with van der Waals surface area (Å²) < 4.78 is 3.19. The van der Waals surface area contributed by atoms with Crippen LogP contribution in [0.15, 0.2) is 60.7 Å². The molecule has 0 spiro atoms. The third-order valence-corrected chi connectivity index (χ3v) is 22.0. The zero-order valence-corrected chi connectivity index (χ0v) is 32.4. The Balaban J connectivity index is 0.00000186. The van der Waals surface area contributed by atoms with Crippen molar-refractivity contribution in [2.75, 3.05) is 0 Å². The first-order valence-electron chi connectivity index (χ1n) is 19.0. The fraction of sp³-hybridized carbons (Fsp3) is 0.605. The van der Waals surface area contributed by atoms with Crippen molar-refractivity contribution >= 4 is 14.4 Å². The third-order valence-electron chi connectivity index (χ3n) is 13.5. The second-order valence-electron chi connectivity index (χ2n) is 16.1. The molecule has 2 aromatic carbocycles. The van der Waals surface area contributed by atoms with Gasteiger partial charge in [0, 0.05) is 0 Å². The number of fused-ring (bicyclic) bond motifs is 2. The Labute approximate surface area is 300 Å². The second-order valence-corrected chi connectivity index (χ2v) is 23.8. The van der Waals surface area contributed by atoms with E-state index in [-0.39, 0.29) is 24.8 Å². The summed E-state index contributed by atoms with van der Waals surface area (Å²) >= 11 is -2.22. The average Bonchev–Trinajstić information content (AvgIpc) is 3.88. The Bertz CT molecular complexity index is 1300. The number of rotatable bonds is 8. The van der Waals surface area contributed by atoms with Crippen LogP contribution in [0.2, 0.25) is 0 Å². The molecule has 0 aromatic heterocycles. The van der Waals surface area contributed by atoms with Gasteiger partial charge >= 0.3 is 278 Å². The largest absolute Gasteiger partial charge is 1.00 e. The quantitative estimate of drug-likeness (QED) is 0.308. The molecule has 0 saturated heterocycles. The minimum absolute atomic E-state index is 0. The van der Waals surface area contributed by atoms with E-state index in [2.05, 4.69) is 74.5 Å². The topological polar surface area (TPSA) is 0 Å². The molecule has 4 fully saturated rings. The Hall–Kier alpha value is -0.747. The normalized spacial score (nSPS) is 24.8. The summed E-state index contributed by atoms with van der Waals surface area (Å²) in [7, 11) is 0. The van der Waals surface area contributed by atoms with Crippen LogP contribution in [-0.4, -0.2) is 3.21 Å². The second kappa shape index (κ2) is 15.4. The van der Waals surface area contributed by atoms with Crippen molar-refractivity contribution in [3.8, 4) is 0 Å². The molecule has 2 atom stereocenters. The number of allylic oxidation sites excluding steroid dienone is 4. The molecule has 3 heteroatoms. The van der Waals surface area contributed by atoms with E-state index in [4.69, 9.17) is 0 Å².